The lowest BCUT2D eigenvalue weighted by Crippen LogP contribution is -2.06. The smallest absolute Gasteiger partial charge is 0.261 e. The minimum atomic E-state index is -2.42. The molecule has 1 aromatic carbocycles. The van der Waals surface area contributed by atoms with Crippen molar-refractivity contribution in [2.45, 2.75) is 18.2 Å². The molecule has 0 saturated heterocycles. The minimum Gasteiger partial charge on any atom is -0.375 e. The van der Waals surface area contributed by atoms with Crippen molar-refractivity contribution in [2.24, 2.45) is 0 Å². The summed E-state index contributed by atoms with van der Waals surface area (Å²) in [6, 6.07) is 7.58. The van der Waals surface area contributed by atoms with E-state index in [1.807, 2.05) is 24.3 Å². The molecule has 5 heteroatoms. The third kappa shape index (κ3) is 5.23. The Morgan fingerprint density at radius 1 is 1.25 bits per heavy atom. The zero-order chi connectivity index (χ0) is 12.0. The molecule has 0 aromatic heterocycles. The SMILES string of the molecule is FC(F)COCCC(Cl)c1ccc(Br)cc1. The fourth-order valence-corrected chi connectivity index (χ4v) is 1.70. The Hall–Kier alpha value is -0.190. The van der Waals surface area contributed by atoms with Crippen molar-refractivity contribution in [3.63, 3.8) is 0 Å². The molecule has 0 amide bonds. The quantitative estimate of drug-likeness (QED) is 0.559. The number of benzene rings is 1. The van der Waals surface area contributed by atoms with Crippen molar-refractivity contribution in [3.05, 3.63) is 34.3 Å². The van der Waals surface area contributed by atoms with Gasteiger partial charge in [0.2, 0.25) is 0 Å². The molecule has 0 aliphatic rings. The third-order valence-electron chi connectivity index (χ3n) is 1.99. The molecule has 90 valence electrons. The molecular formula is C11H12BrClF2O. The first kappa shape index (κ1) is 13.9. The van der Waals surface area contributed by atoms with Crippen LogP contribution in [0.3, 0.4) is 0 Å². The van der Waals surface area contributed by atoms with Crippen molar-refractivity contribution in [3.8, 4) is 0 Å². The third-order valence-corrected chi connectivity index (χ3v) is 2.99. The Morgan fingerprint density at radius 2 is 1.88 bits per heavy atom. The van der Waals surface area contributed by atoms with E-state index in [1.54, 1.807) is 0 Å². The lowest BCUT2D eigenvalue weighted by Gasteiger charge is -2.10. The maximum Gasteiger partial charge on any atom is 0.261 e. The van der Waals surface area contributed by atoms with Crippen LogP contribution >= 0.6 is 27.5 Å². The molecule has 1 atom stereocenters. The second-order valence-electron chi connectivity index (χ2n) is 3.27. The Bertz CT molecular complexity index is 305. The van der Waals surface area contributed by atoms with E-state index in [0.29, 0.717) is 6.42 Å². The first-order valence-corrected chi connectivity index (χ1v) is 6.08. The van der Waals surface area contributed by atoms with Gasteiger partial charge in [-0.05, 0) is 24.1 Å². The number of rotatable bonds is 6. The highest BCUT2D eigenvalue weighted by atomic mass is 79.9. The van der Waals surface area contributed by atoms with Gasteiger partial charge in [-0.25, -0.2) is 8.78 Å². The molecule has 0 bridgehead atoms. The maximum absolute atomic E-state index is 11.8. The van der Waals surface area contributed by atoms with Crippen molar-refractivity contribution < 1.29 is 13.5 Å². The molecule has 1 unspecified atom stereocenters. The summed E-state index contributed by atoms with van der Waals surface area (Å²) in [6.45, 7) is -0.279. The van der Waals surface area contributed by atoms with Crippen molar-refractivity contribution >= 4 is 27.5 Å². The van der Waals surface area contributed by atoms with E-state index in [1.165, 1.54) is 0 Å². The van der Waals surface area contributed by atoms with Crippen LogP contribution < -0.4 is 0 Å². The van der Waals surface area contributed by atoms with Gasteiger partial charge in [0, 0.05) is 11.1 Å². The molecular weight excluding hydrogens is 301 g/mol. The molecule has 1 aromatic rings. The number of hydrogen-bond acceptors (Lipinski definition) is 1. The van der Waals surface area contributed by atoms with Gasteiger partial charge in [0.25, 0.3) is 6.43 Å². The van der Waals surface area contributed by atoms with Gasteiger partial charge >= 0.3 is 0 Å². The molecule has 1 rings (SSSR count). The van der Waals surface area contributed by atoms with Gasteiger partial charge < -0.3 is 4.74 Å². The number of hydrogen-bond donors (Lipinski definition) is 0. The molecule has 0 aliphatic heterocycles. The van der Waals surface area contributed by atoms with Gasteiger partial charge in [0.05, 0.1) is 5.38 Å². The predicted octanol–water partition coefficient (Wildman–Crippen LogP) is 4.40. The molecule has 1 nitrogen and oxygen atoms in total. The molecule has 0 spiro atoms. The van der Waals surface area contributed by atoms with Crippen LogP contribution in [0.25, 0.3) is 0 Å². The summed E-state index contributed by atoms with van der Waals surface area (Å²) in [5, 5.41) is -0.203. The van der Waals surface area contributed by atoms with Crippen LogP contribution in [0.2, 0.25) is 0 Å². The largest absolute Gasteiger partial charge is 0.375 e. The predicted molar refractivity (Wildman–Crippen MR) is 64.2 cm³/mol. The molecule has 16 heavy (non-hydrogen) atoms. The summed E-state index contributed by atoms with van der Waals surface area (Å²) in [6.07, 6.45) is -1.89. The summed E-state index contributed by atoms with van der Waals surface area (Å²) < 4.78 is 29.3. The lowest BCUT2D eigenvalue weighted by molar-refractivity contribution is 0.0165. The van der Waals surface area contributed by atoms with Gasteiger partial charge in [0.15, 0.2) is 0 Å². The lowest BCUT2D eigenvalue weighted by atomic mass is 10.1. The number of alkyl halides is 3. The molecule has 0 aliphatic carbocycles. The highest BCUT2D eigenvalue weighted by Crippen LogP contribution is 2.25. The van der Waals surface area contributed by atoms with Crippen molar-refractivity contribution in [1.29, 1.82) is 0 Å². The monoisotopic (exact) mass is 312 g/mol. The maximum atomic E-state index is 11.8. The van der Waals surface area contributed by atoms with Crippen LogP contribution in [0.5, 0.6) is 0 Å². The van der Waals surface area contributed by atoms with E-state index >= 15 is 0 Å². The van der Waals surface area contributed by atoms with E-state index < -0.39 is 13.0 Å². The van der Waals surface area contributed by atoms with Crippen molar-refractivity contribution in [1.82, 2.24) is 0 Å². The Balaban J connectivity index is 2.29. The highest BCUT2D eigenvalue weighted by Gasteiger charge is 2.08. The van der Waals surface area contributed by atoms with Crippen LogP contribution in [-0.2, 0) is 4.74 Å². The summed E-state index contributed by atoms with van der Waals surface area (Å²) in [5.74, 6) is 0. The Labute approximate surface area is 107 Å². The summed E-state index contributed by atoms with van der Waals surface area (Å²) >= 11 is 9.41. The van der Waals surface area contributed by atoms with Crippen LogP contribution in [0.4, 0.5) is 8.78 Å². The normalized spacial score (nSPS) is 13.1. The fraction of sp³-hybridized carbons (Fsp3) is 0.455. The average Bonchev–Trinajstić information content (AvgIpc) is 2.25. The van der Waals surface area contributed by atoms with Gasteiger partial charge in [-0.1, -0.05) is 28.1 Å². The molecule has 0 saturated carbocycles. The first-order valence-electron chi connectivity index (χ1n) is 4.85. The molecule has 0 fully saturated rings. The van der Waals surface area contributed by atoms with E-state index in [4.69, 9.17) is 16.3 Å². The standard InChI is InChI=1S/C11H12BrClF2O/c12-9-3-1-8(2-4-9)10(13)5-6-16-7-11(14)15/h1-4,10-11H,5-7H2. The second-order valence-corrected chi connectivity index (χ2v) is 4.72. The van der Waals surface area contributed by atoms with Gasteiger partial charge in [0.1, 0.15) is 6.61 Å². The Kier molecular flexibility index (Phi) is 6.24. The minimum absolute atomic E-state index is 0.203. The van der Waals surface area contributed by atoms with Crippen molar-refractivity contribution in [2.75, 3.05) is 13.2 Å². The topological polar surface area (TPSA) is 9.23 Å². The van der Waals surface area contributed by atoms with Crippen LogP contribution in [0, 0.1) is 0 Å². The van der Waals surface area contributed by atoms with Crippen LogP contribution in [-0.4, -0.2) is 19.6 Å². The highest BCUT2D eigenvalue weighted by molar-refractivity contribution is 9.10. The number of ether oxygens (including phenoxy) is 1. The van der Waals surface area contributed by atoms with Gasteiger partial charge in [-0.15, -0.1) is 11.6 Å². The molecule has 0 heterocycles. The summed E-state index contributed by atoms with van der Waals surface area (Å²) in [5.41, 5.74) is 0.963. The fourth-order valence-electron chi connectivity index (χ4n) is 1.20. The summed E-state index contributed by atoms with van der Waals surface area (Å²) in [4.78, 5) is 0. The van der Waals surface area contributed by atoms with Crippen LogP contribution in [0.15, 0.2) is 28.7 Å². The van der Waals surface area contributed by atoms with E-state index in [-0.39, 0.29) is 12.0 Å². The first-order chi connectivity index (χ1) is 7.59. The zero-order valence-electron chi connectivity index (χ0n) is 8.51. The van der Waals surface area contributed by atoms with Gasteiger partial charge in [-0.2, -0.15) is 0 Å². The second kappa shape index (κ2) is 7.20. The molecule has 0 radical (unpaired) electrons. The van der Waals surface area contributed by atoms with E-state index in [0.717, 1.165) is 10.0 Å². The summed E-state index contributed by atoms with van der Waals surface area (Å²) in [7, 11) is 0. The number of halogens is 4. The van der Waals surface area contributed by atoms with Crippen LogP contribution in [0.1, 0.15) is 17.4 Å². The van der Waals surface area contributed by atoms with Gasteiger partial charge in [-0.3, -0.25) is 0 Å². The van der Waals surface area contributed by atoms with E-state index in [9.17, 15) is 8.78 Å². The van der Waals surface area contributed by atoms with E-state index in [2.05, 4.69) is 15.9 Å². The molecule has 0 N–H and O–H groups in total. The average molecular weight is 314 g/mol. The Morgan fingerprint density at radius 3 is 2.44 bits per heavy atom. The zero-order valence-corrected chi connectivity index (χ0v) is 10.8.